The van der Waals surface area contributed by atoms with Crippen molar-refractivity contribution in [2.75, 3.05) is 0 Å². The molecule has 17 heavy (non-hydrogen) atoms. The van der Waals surface area contributed by atoms with E-state index >= 15 is 0 Å². The van der Waals surface area contributed by atoms with Gasteiger partial charge in [0.2, 0.25) is 0 Å². The van der Waals surface area contributed by atoms with Gasteiger partial charge in [0.1, 0.15) is 5.82 Å². The van der Waals surface area contributed by atoms with Gasteiger partial charge in [0, 0.05) is 10.9 Å². The van der Waals surface area contributed by atoms with E-state index in [0.717, 1.165) is 22.2 Å². The number of pyridine rings is 1. The maximum absolute atomic E-state index is 12.8. The first-order valence-electron chi connectivity index (χ1n) is 5.36. The number of fused-ring (bicyclic) bond motifs is 1. The second kappa shape index (κ2) is 3.98. The zero-order valence-electron chi connectivity index (χ0n) is 9.02. The number of rotatable bonds is 1. The third-order valence-corrected chi connectivity index (χ3v) is 2.68. The molecule has 0 saturated heterocycles. The largest absolute Gasteiger partial charge is 0.248 e. The summed E-state index contributed by atoms with van der Waals surface area (Å²) in [6.45, 7) is 0. The van der Waals surface area contributed by atoms with Crippen LogP contribution >= 0.6 is 0 Å². The third-order valence-electron chi connectivity index (χ3n) is 2.68. The standard InChI is InChI=1S/C15H9FN/c16-13-8-5-12(6-9-13)15-10-7-11-3-1-2-4-14(11)17-15/h1,3-10H. The highest BCUT2D eigenvalue weighted by Gasteiger charge is 2.01. The van der Waals surface area contributed by atoms with E-state index in [4.69, 9.17) is 0 Å². The number of aromatic nitrogens is 1. The van der Waals surface area contributed by atoms with Crippen molar-refractivity contribution in [3.05, 3.63) is 66.5 Å². The summed E-state index contributed by atoms with van der Waals surface area (Å²) >= 11 is 0. The summed E-state index contributed by atoms with van der Waals surface area (Å²) in [5.74, 6) is -0.233. The lowest BCUT2D eigenvalue weighted by Crippen LogP contribution is -1.85. The summed E-state index contributed by atoms with van der Waals surface area (Å²) in [5, 5.41) is 1.08. The number of halogens is 1. The normalized spacial score (nSPS) is 10.6. The Morgan fingerprint density at radius 3 is 2.59 bits per heavy atom. The first-order valence-corrected chi connectivity index (χ1v) is 5.36. The molecule has 3 aromatic rings. The van der Waals surface area contributed by atoms with Crippen LogP contribution in [0, 0.1) is 11.9 Å². The minimum atomic E-state index is -0.233. The van der Waals surface area contributed by atoms with Crippen molar-refractivity contribution < 1.29 is 4.39 Å². The summed E-state index contributed by atoms with van der Waals surface area (Å²) in [7, 11) is 0. The highest BCUT2D eigenvalue weighted by Crippen LogP contribution is 2.20. The maximum Gasteiger partial charge on any atom is 0.123 e. The summed E-state index contributed by atoms with van der Waals surface area (Å²) in [5.41, 5.74) is 2.66. The van der Waals surface area contributed by atoms with Crippen molar-refractivity contribution in [3.63, 3.8) is 0 Å². The average molecular weight is 222 g/mol. The summed E-state index contributed by atoms with van der Waals surface area (Å²) < 4.78 is 12.8. The Morgan fingerprint density at radius 1 is 0.941 bits per heavy atom. The van der Waals surface area contributed by atoms with Crippen molar-refractivity contribution in [1.82, 2.24) is 4.98 Å². The van der Waals surface area contributed by atoms with Gasteiger partial charge < -0.3 is 0 Å². The minimum absolute atomic E-state index is 0.233. The van der Waals surface area contributed by atoms with Crippen molar-refractivity contribution >= 4 is 10.9 Å². The molecule has 81 valence electrons. The lowest BCUT2D eigenvalue weighted by Gasteiger charge is -2.02. The van der Waals surface area contributed by atoms with Gasteiger partial charge in [-0.3, -0.25) is 0 Å². The maximum atomic E-state index is 12.8. The molecule has 0 spiro atoms. The molecule has 0 unspecified atom stereocenters. The number of hydrogen-bond donors (Lipinski definition) is 0. The van der Waals surface area contributed by atoms with Crippen molar-refractivity contribution in [2.45, 2.75) is 0 Å². The zero-order valence-corrected chi connectivity index (χ0v) is 9.02. The molecule has 0 fully saturated rings. The van der Waals surface area contributed by atoms with Crippen molar-refractivity contribution in [1.29, 1.82) is 0 Å². The van der Waals surface area contributed by atoms with E-state index in [1.807, 2.05) is 30.3 Å². The first-order chi connectivity index (χ1) is 8.33. The van der Waals surface area contributed by atoms with Gasteiger partial charge in [-0.1, -0.05) is 18.2 Å². The third kappa shape index (κ3) is 1.89. The highest BCUT2D eigenvalue weighted by atomic mass is 19.1. The molecule has 0 aliphatic heterocycles. The molecule has 1 radical (unpaired) electrons. The van der Waals surface area contributed by atoms with Crippen LogP contribution in [0.3, 0.4) is 0 Å². The summed E-state index contributed by atoms with van der Waals surface area (Å²) in [4.78, 5) is 4.52. The molecule has 2 aromatic carbocycles. The van der Waals surface area contributed by atoms with E-state index in [9.17, 15) is 4.39 Å². The van der Waals surface area contributed by atoms with Gasteiger partial charge in [-0.05, 0) is 42.5 Å². The van der Waals surface area contributed by atoms with Crippen LogP contribution in [0.25, 0.3) is 22.2 Å². The van der Waals surface area contributed by atoms with Crippen LogP contribution in [0.4, 0.5) is 4.39 Å². The zero-order chi connectivity index (χ0) is 11.7. The lowest BCUT2D eigenvalue weighted by molar-refractivity contribution is 0.628. The highest BCUT2D eigenvalue weighted by molar-refractivity contribution is 5.81. The van der Waals surface area contributed by atoms with Crippen molar-refractivity contribution in [3.8, 4) is 11.3 Å². The molecular formula is C15H9FN. The molecule has 0 saturated carbocycles. The fourth-order valence-electron chi connectivity index (χ4n) is 1.79. The summed E-state index contributed by atoms with van der Waals surface area (Å²) in [6, 6.07) is 19.0. The van der Waals surface area contributed by atoms with Crippen LogP contribution < -0.4 is 0 Å². The molecule has 0 amide bonds. The van der Waals surface area contributed by atoms with Gasteiger partial charge in [-0.25, -0.2) is 9.37 Å². The van der Waals surface area contributed by atoms with E-state index in [1.54, 1.807) is 12.1 Å². The molecule has 0 N–H and O–H groups in total. The molecular weight excluding hydrogens is 213 g/mol. The second-order valence-corrected chi connectivity index (χ2v) is 3.82. The van der Waals surface area contributed by atoms with Crippen LogP contribution in [0.15, 0.2) is 54.6 Å². The van der Waals surface area contributed by atoms with Gasteiger partial charge in [-0.2, -0.15) is 0 Å². The van der Waals surface area contributed by atoms with Crippen molar-refractivity contribution in [2.24, 2.45) is 0 Å². The number of hydrogen-bond acceptors (Lipinski definition) is 1. The van der Waals surface area contributed by atoms with Crippen LogP contribution in [0.1, 0.15) is 0 Å². The minimum Gasteiger partial charge on any atom is -0.248 e. The van der Waals surface area contributed by atoms with E-state index in [2.05, 4.69) is 11.1 Å². The van der Waals surface area contributed by atoms with Crippen LogP contribution in [-0.2, 0) is 0 Å². The van der Waals surface area contributed by atoms with E-state index in [0.29, 0.717) is 0 Å². The Balaban J connectivity index is 2.14. The SMILES string of the molecule is Fc1ccc(-c2ccc3cc[c]cc3n2)cc1. The first kappa shape index (κ1) is 9.97. The molecule has 1 heterocycles. The number of nitrogens with zero attached hydrogens (tertiary/aromatic N) is 1. The summed E-state index contributed by atoms with van der Waals surface area (Å²) in [6.07, 6.45) is 0. The predicted octanol–water partition coefficient (Wildman–Crippen LogP) is 3.84. The van der Waals surface area contributed by atoms with Gasteiger partial charge in [0.25, 0.3) is 0 Å². The van der Waals surface area contributed by atoms with Gasteiger partial charge in [0.05, 0.1) is 11.2 Å². The molecule has 3 rings (SSSR count). The Hall–Kier alpha value is -2.22. The Morgan fingerprint density at radius 2 is 1.76 bits per heavy atom. The van der Waals surface area contributed by atoms with E-state index in [1.165, 1.54) is 12.1 Å². The fourth-order valence-corrected chi connectivity index (χ4v) is 1.79. The Kier molecular flexibility index (Phi) is 2.33. The molecule has 0 aliphatic carbocycles. The van der Waals surface area contributed by atoms with E-state index < -0.39 is 0 Å². The monoisotopic (exact) mass is 222 g/mol. The van der Waals surface area contributed by atoms with E-state index in [-0.39, 0.29) is 5.82 Å². The van der Waals surface area contributed by atoms with Gasteiger partial charge in [0.15, 0.2) is 0 Å². The average Bonchev–Trinajstić information content (AvgIpc) is 2.39. The Bertz CT molecular complexity index is 659. The molecule has 0 aliphatic rings. The molecule has 0 bridgehead atoms. The quantitative estimate of drug-likeness (QED) is 0.609. The van der Waals surface area contributed by atoms with Crippen LogP contribution in [0.5, 0.6) is 0 Å². The predicted molar refractivity (Wildman–Crippen MR) is 66.0 cm³/mol. The van der Waals surface area contributed by atoms with Gasteiger partial charge >= 0.3 is 0 Å². The van der Waals surface area contributed by atoms with Gasteiger partial charge in [-0.15, -0.1) is 0 Å². The van der Waals surface area contributed by atoms with Crippen LogP contribution in [-0.4, -0.2) is 4.98 Å². The topological polar surface area (TPSA) is 12.9 Å². The Labute approximate surface area is 98.6 Å². The molecule has 0 atom stereocenters. The molecule has 1 aromatic heterocycles. The lowest BCUT2D eigenvalue weighted by atomic mass is 10.1. The van der Waals surface area contributed by atoms with Crippen LogP contribution in [0.2, 0.25) is 0 Å². The number of benzene rings is 2. The second-order valence-electron chi connectivity index (χ2n) is 3.82. The smallest absolute Gasteiger partial charge is 0.123 e. The molecule has 1 nitrogen and oxygen atoms in total. The molecule has 2 heteroatoms. The fraction of sp³-hybridized carbons (Fsp3) is 0.